The van der Waals surface area contributed by atoms with Gasteiger partial charge in [0.2, 0.25) is 10.0 Å². The van der Waals surface area contributed by atoms with Crippen LogP contribution in [0.4, 0.5) is 0 Å². The highest BCUT2D eigenvalue weighted by molar-refractivity contribution is 7.89. The van der Waals surface area contributed by atoms with E-state index < -0.39 is 10.0 Å². The van der Waals surface area contributed by atoms with Crippen molar-refractivity contribution in [3.05, 3.63) is 53.9 Å². The van der Waals surface area contributed by atoms with Crippen LogP contribution >= 0.6 is 0 Å². The molecule has 1 atom stereocenters. The second-order valence-electron chi connectivity index (χ2n) is 4.40. The van der Waals surface area contributed by atoms with Gasteiger partial charge in [-0.2, -0.15) is 0 Å². The Kier molecular flexibility index (Phi) is 3.91. The van der Waals surface area contributed by atoms with Gasteiger partial charge in [-0.05, 0) is 36.8 Å². The Morgan fingerprint density at radius 2 is 2.05 bits per heavy atom. The minimum atomic E-state index is -3.75. The van der Waals surface area contributed by atoms with Gasteiger partial charge >= 0.3 is 0 Å². The lowest BCUT2D eigenvalue weighted by molar-refractivity contribution is 0.0935. The monoisotopic (exact) mass is 293 g/mol. The molecule has 0 aliphatic rings. The minimum Gasteiger partial charge on any atom is -0.357 e. The molecule has 1 amide bonds. The molecule has 1 heterocycles. The Morgan fingerprint density at radius 1 is 1.30 bits per heavy atom. The SMILES string of the molecule is CC(NC(=O)c1ccc[nH]1)c1cccc(S(N)(=O)=O)c1. The van der Waals surface area contributed by atoms with Gasteiger partial charge in [-0.25, -0.2) is 13.6 Å². The fourth-order valence-electron chi connectivity index (χ4n) is 1.79. The molecule has 1 aromatic heterocycles. The predicted octanol–water partition coefficient (Wildman–Crippen LogP) is 1.15. The molecule has 1 unspecified atom stereocenters. The van der Waals surface area contributed by atoms with Gasteiger partial charge in [-0.15, -0.1) is 0 Å². The molecule has 7 heteroatoms. The number of carbonyl (C=O) groups is 1. The molecule has 1 aromatic carbocycles. The van der Waals surface area contributed by atoms with E-state index in [4.69, 9.17) is 5.14 Å². The van der Waals surface area contributed by atoms with Crippen molar-refractivity contribution in [3.63, 3.8) is 0 Å². The average molecular weight is 293 g/mol. The molecule has 0 aliphatic carbocycles. The van der Waals surface area contributed by atoms with Crippen LogP contribution in [0.5, 0.6) is 0 Å². The van der Waals surface area contributed by atoms with Crippen molar-refractivity contribution >= 4 is 15.9 Å². The Labute approximate surface area is 117 Å². The van der Waals surface area contributed by atoms with Crippen molar-refractivity contribution in [1.29, 1.82) is 0 Å². The molecule has 0 bridgehead atoms. The number of nitrogens with one attached hydrogen (secondary N) is 2. The molecule has 106 valence electrons. The molecule has 0 radical (unpaired) electrons. The van der Waals surface area contributed by atoms with Crippen LogP contribution in [0.15, 0.2) is 47.5 Å². The van der Waals surface area contributed by atoms with Gasteiger partial charge in [0.25, 0.3) is 5.91 Å². The summed E-state index contributed by atoms with van der Waals surface area (Å²) in [6.45, 7) is 1.77. The number of rotatable bonds is 4. The first-order valence-electron chi connectivity index (χ1n) is 5.95. The maximum absolute atomic E-state index is 11.9. The van der Waals surface area contributed by atoms with Crippen molar-refractivity contribution in [1.82, 2.24) is 10.3 Å². The summed E-state index contributed by atoms with van der Waals surface area (Å²) in [5.41, 5.74) is 1.11. The van der Waals surface area contributed by atoms with E-state index in [0.717, 1.165) is 0 Å². The third-order valence-electron chi connectivity index (χ3n) is 2.88. The lowest BCUT2D eigenvalue weighted by Gasteiger charge is -2.14. The number of sulfonamides is 1. The zero-order chi connectivity index (χ0) is 14.8. The molecular weight excluding hydrogens is 278 g/mol. The summed E-state index contributed by atoms with van der Waals surface area (Å²) in [6, 6.07) is 9.23. The number of H-pyrrole nitrogens is 1. The summed E-state index contributed by atoms with van der Waals surface area (Å²) < 4.78 is 22.6. The van der Waals surface area contributed by atoms with Crippen LogP contribution in [0.1, 0.15) is 29.0 Å². The van der Waals surface area contributed by atoms with Crippen molar-refractivity contribution in [2.45, 2.75) is 17.9 Å². The zero-order valence-electron chi connectivity index (χ0n) is 10.8. The van der Waals surface area contributed by atoms with Gasteiger partial charge in [0.05, 0.1) is 10.9 Å². The van der Waals surface area contributed by atoms with Crippen LogP contribution in [-0.4, -0.2) is 19.3 Å². The van der Waals surface area contributed by atoms with Gasteiger partial charge in [0.1, 0.15) is 5.69 Å². The first kappa shape index (κ1) is 14.3. The number of aromatic nitrogens is 1. The van der Waals surface area contributed by atoms with Crippen LogP contribution in [0.3, 0.4) is 0 Å². The van der Waals surface area contributed by atoms with E-state index in [1.165, 1.54) is 12.1 Å². The van der Waals surface area contributed by atoms with Crippen LogP contribution in [0, 0.1) is 0 Å². The van der Waals surface area contributed by atoms with E-state index >= 15 is 0 Å². The summed E-state index contributed by atoms with van der Waals surface area (Å²) in [5.74, 6) is -0.261. The molecule has 4 N–H and O–H groups in total. The standard InChI is InChI=1S/C13H15N3O3S/c1-9(16-13(17)12-6-3-7-15-12)10-4-2-5-11(8-10)20(14,18)19/h2-9,15H,1H3,(H,16,17)(H2,14,18,19). The molecule has 0 saturated heterocycles. The number of benzene rings is 1. The van der Waals surface area contributed by atoms with E-state index in [1.807, 2.05) is 0 Å². The second-order valence-corrected chi connectivity index (χ2v) is 5.96. The molecule has 0 fully saturated rings. The zero-order valence-corrected chi connectivity index (χ0v) is 11.6. The second kappa shape index (κ2) is 5.48. The number of primary sulfonamides is 1. The third kappa shape index (κ3) is 3.25. The Balaban J connectivity index is 2.18. The quantitative estimate of drug-likeness (QED) is 0.787. The van der Waals surface area contributed by atoms with E-state index in [2.05, 4.69) is 10.3 Å². The van der Waals surface area contributed by atoms with E-state index in [0.29, 0.717) is 11.3 Å². The summed E-state index contributed by atoms with van der Waals surface area (Å²) in [4.78, 5) is 14.7. The van der Waals surface area contributed by atoms with Crippen molar-refractivity contribution in [2.24, 2.45) is 5.14 Å². The van der Waals surface area contributed by atoms with E-state index in [-0.39, 0.29) is 16.8 Å². The normalized spacial score (nSPS) is 12.9. The maximum Gasteiger partial charge on any atom is 0.268 e. The highest BCUT2D eigenvalue weighted by Crippen LogP contribution is 2.17. The van der Waals surface area contributed by atoms with Crippen LogP contribution in [-0.2, 0) is 10.0 Å². The predicted molar refractivity (Wildman–Crippen MR) is 74.5 cm³/mol. The maximum atomic E-state index is 11.9. The Morgan fingerprint density at radius 3 is 2.65 bits per heavy atom. The van der Waals surface area contributed by atoms with Gasteiger partial charge in [0, 0.05) is 6.20 Å². The first-order chi connectivity index (χ1) is 9.38. The van der Waals surface area contributed by atoms with E-state index in [1.54, 1.807) is 37.4 Å². The molecule has 0 aliphatic heterocycles. The Hall–Kier alpha value is -2.12. The van der Waals surface area contributed by atoms with Crippen LogP contribution in [0.2, 0.25) is 0 Å². The molecular formula is C13H15N3O3S. The van der Waals surface area contributed by atoms with Gasteiger partial charge < -0.3 is 10.3 Å². The van der Waals surface area contributed by atoms with Gasteiger partial charge in [0.15, 0.2) is 0 Å². The Bertz CT molecular complexity index is 708. The number of hydrogen-bond donors (Lipinski definition) is 3. The van der Waals surface area contributed by atoms with Crippen molar-refractivity contribution in [2.75, 3.05) is 0 Å². The minimum absolute atomic E-state index is 0.0240. The fourth-order valence-corrected chi connectivity index (χ4v) is 2.36. The largest absolute Gasteiger partial charge is 0.357 e. The topological polar surface area (TPSA) is 105 Å². The molecule has 6 nitrogen and oxygen atoms in total. The fraction of sp³-hybridized carbons (Fsp3) is 0.154. The molecule has 2 aromatic rings. The van der Waals surface area contributed by atoms with Gasteiger partial charge in [-0.3, -0.25) is 4.79 Å². The summed E-state index contributed by atoms with van der Waals surface area (Å²) in [6.07, 6.45) is 1.65. The average Bonchev–Trinajstić information content (AvgIpc) is 2.91. The van der Waals surface area contributed by atoms with Crippen molar-refractivity contribution < 1.29 is 13.2 Å². The summed E-state index contributed by atoms with van der Waals surface area (Å²) in [7, 11) is -3.75. The third-order valence-corrected chi connectivity index (χ3v) is 3.79. The highest BCUT2D eigenvalue weighted by atomic mass is 32.2. The van der Waals surface area contributed by atoms with E-state index in [9.17, 15) is 13.2 Å². The number of carbonyl (C=O) groups excluding carboxylic acids is 1. The lowest BCUT2D eigenvalue weighted by atomic mass is 10.1. The molecule has 20 heavy (non-hydrogen) atoms. The highest BCUT2D eigenvalue weighted by Gasteiger charge is 2.14. The first-order valence-corrected chi connectivity index (χ1v) is 7.49. The smallest absolute Gasteiger partial charge is 0.268 e. The number of amides is 1. The molecule has 0 saturated carbocycles. The van der Waals surface area contributed by atoms with Gasteiger partial charge in [-0.1, -0.05) is 12.1 Å². The van der Waals surface area contributed by atoms with Crippen LogP contribution in [0.25, 0.3) is 0 Å². The number of aromatic amines is 1. The molecule has 2 rings (SSSR count). The summed E-state index contributed by atoms with van der Waals surface area (Å²) in [5, 5.41) is 7.86. The lowest BCUT2D eigenvalue weighted by Crippen LogP contribution is -2.27. The van der Waals surface area contributed by atoms with Crippen molar-refractivity contribution in [3.8, 4) is 0 Å². The number of hydrogen-bond acceptors (Lipinski definition) is 3. The number of nitrogens with two attached hydrogens (primary N) is 1. The van der Waals surface area contributed by atoms with Crippen LogP contribution < -0.4 is 10.5 Å². The molecule has 0 spiro atoms. The summed E-state index contributed by atoms with van der Waals surface area (Å²) >= 11 is 0.